The summed E-state index contributed by atoms with van der Waals surface area (Å²) in [4.78, 5) is 4.85. The lowest BCUT2D eigenvalue weighted by molar-refractivity contribution is 0.332. The second kappa shape index (κ2) is 9.93. The number of aromatic nitrogens is 2. The topological polar surface area (TPSA) is 17.8 Å². The second-order valence-corrected chi connectivity index (χ2v) is 13.0. The molecule has 0 saturated carbocycles. The Bertz CT molecular complexity index is 1650. The Morgan fingerprint density at radius 2 is 1.27 bits per heavy atom. The van der Waals surface area contributed by atoms with Gasteiger partial charge in [-0.15, -0.1) is 0 Å². The van der Waals surface area contributed by atoms with E-state index in [0.29, 0.717) is 5.92 Å². The van der Waals surface area contributed by atoms with Gasteiger partial charge in [0, 0.05) is 23.5 Å². The highest BCUT2D eigenvalue weighted by atomic mass is 15.1. The van der Waals surface area contributed by atoms with Gasteiger partial charge in [0.1, 0.15) is 5.82 Å². The maximum Gasteiger partial charge on any atom is 0.144 e. The minimum absolute atomic E-state index is 0.142. The van der Waals surface area contributed by atoms with Crippen molar-refractivity contribution in [1.82, 2.24) is 9.55 Å². The minimum Gasteiger partial charge on any atom is -0.299 e. The maximum atomic E-state index is 4.85. The lowest BCUT2D eigenvalue weighted by atomic mass is 9.63. The van der Waals surface area contributed by atoms with Gasteiger partial charge in [-0.25, -0.2) is 4.98 Å². The molecule has 1 aliphatic carbocycles. The van der Waals surface area contributed by atoms with E-state index in [9.17, 15) is 0 Å². The summed E-state index contributed by atoms with van der Waals surface area (Å²) in [6.45, 7) is 14.2. The third kappa shape index (κ3) is 4.60. The van der Waals surface area contributed by atoms with E-state index in [4.69, 9.17) is 4.98 Å². The molecule has 1 heterocycles. The fraction of sp³-hybridized carbons (Fsp3) is 0.289. The summed E-state index contributed by atoms with van der Waals surface area (Å²) in [5.41, 5.74) is 12.0. The van der Waals surface area contributed by atoms with Gasteiger partial charge in [-0.1, -0.05) is 120 Å². The second-order valence-electron chi connectivity index (χ2n) is 13.0. The Hall–Kier alpha value is -3.91. The van der Waals surface area contributed by atoms with Crippen molar-refractivity contribution in [3.63, 3.8) is 0 Å². The molecule has 0 saturated heterocycles. The first kappa shape index (κ1) is 26.3. The highest BCUT2D eigenvalue weighted by Crippen LogP contribution is 2.48. The van der Waals surface area contributed by atoms with Gasteiger partial charge in [0.2, 0.25) is 0 Å². The smallest absolute Gasteiger partial charge is 0.144 e. The molecular weight excluding hydrogens is 484 g/mol. The molecular formula is C38H40N2. The van der Waals surface area contributed by atoms with Crippen LogP contribution in [0.15, 0.2) is 103 Å². The van der Waals surface area contributed by atoms with Crippen molar-refractivity contribution in [3.05, 3.63) is 120 Å². The Labute approximate surface area is 239 Å². The number of imidazole rings is 1. The van der Waals surface area contributed by atoms with E-state index < -0.39 is 0 Å². The molecule has 0 atom stereocenters. The predicted molar refractivity (Wildman–Crippen MR) is 169 cm³/mol. The van der Waals surface area contributed by atoms with Crippen molar-refractivity contribution in [1.29, 1.82) is 0 Å². The molecule has 0 bridgehead atoms. The van der Waals surface area contributed by atoms with Crippen LogP contribution in [0.25, 0.3) is 39.3 Å². The van der Waals surface area contributed by atoms with E-state index in [0.717, 1.165) is 11.4 Å². The normalized spacial score (nSPS) is 15.7. The minimum atomic E-state index is 0.142. The molecule has 2 nitrogen and oxygen atoms in total. The molecule has 5 aromatic rings. The van der Waals surface area contributed by atoms with Gasteiger partial charge in [0.25, 0.3) is 0 Å². The standard InChI is InChI=1S/C38H40N2/c1-26(2)31-23-30(27-13-9-7-10-14-27)24-32(35(31)40-22-21-39-36(40)28-15-11-8-12-16-28)29-17-18-33-34(25-29)38(5,6)20-19-37(33,3)4/h7-18,21-26H,19-20H2,1-6H3. The SMILES string of the molecule is CC(C)c1cc(-c2ccccc2)cc(-c2ccc3c(c2)C(C)(C)CCC3(C)C)c1-n1ccnc1-c1ccccc1. The molecule has 1 aromatic heterocycles. The predicted octanol–water partition coefficient (Wildman–Crippen LogP) is 10.3. The summed E-state index contributed by atoms with van der Waals surface area (Å²) in [5, 5.41) is 0. The summed E-state index contributed by atoms with van der Waals surface area (Å²) >= 11 is 0. The first-order valence-corrected chi connectivity index (χ1v) is 14.6. The van der Waals surface area contributed by atoms with Crippen molar-refractivity contribution in [2.45, 2.75) is 71.1 Å². The van der Waals surface area contributed by atoms with E-state index in [1.54, 1.807) is 0 Å². The third-order valence-corrected chi connectivity index (χ3v) is 8.95. The summed E-state index contributed by atoms with van der Waals surface area (Å²) < 4.78 is 2.31. The van der Waals surface area contributed by atoms with Crippen molar-refractivity contribution in [3.8, 4) is 39.3 Å². The number of fused-ring (bicyclic) bond motifs is 1. The van der Waals surface area contributed by atoms with Crippen molar-refractivity contribution in [2.24, 2.45) is 0 Å². The highest BCUT2D eigenvalue weighted by Gasteiger charge is 2.37. The van der Waals surface area contributed by atoms with Crippen LogP contribution >= 0.6 is 0 Å². The third-order valence-electron chi connectivity index (χ3n) is 8.95. The average Bonchev–Trinajstić information content (AvgIpc) is 3.45. The maximum absolute atomic E-state index is 4.85. The Balaban J connectivity index is 1.67. The van der Waals surface area contributed by atoms with Gasteiger partial charge in [-0.05, 0) is 75.1 Å². The van der Waals surface area contributed by atoms with Crippen LogP contribution in [-0.4, -0.2) is 9.55 Å². The van der Waals surface area contributed by atoms with E-state index in [-0.39, 0.29) is 10.8 Å². The molecule has 0 radical (unpaired) electrons. The lowest BCUT2D eigenvalue weighted by Gasteiger charge is -2.42. The van der Waals surface area contributed by atoms with Crippen molar-refractivity contribution < 1.29 is 0 Å². The molecule has 0 unspecified atom stereocenters. The molecule has 6 rings (SSSR count). The summed E-state index contributed by atoms with van der Waals surface area (Å²) in [5.74, 6) is 1.30. The van der Waals surface area contributed by atoms with E-state index in [1.807, 2.05) is 6.20 Å². The van der Waals surface area contributed by atoms with Crippen LogP contribution in [-0.2, 0) is 10.8 Å². The van der Waals surface area contributed by atoms with Gasteiger partial charge in [0.15, 0.2) is 0 Å². The first-order valence-electron chi connectivity index (χ1n) is 14.6. The summed E-state index contributed by atoms with van der Waals surface area (Å²) in [6, 6.07) is 33.4. The monoisotopic (exact) mass is 524 g/mol. The zero-order valence-corrected chi connectivity index (χ0v) is 24.7. The average molecular weight is 525 g/mol. The van der Waals surface area contributed by atoms with Crippen LogP contribution in [0, 0.1) is 0 Å². The fourth-order valence-electron chi connectivity index (χ4n) is 6.42. The van der Waals surface area contributed by atoms with Gasteiger partial charge in [-0.3, -0.25) is 4.57 Å². The summed E-state index contributed by atoms with van der Waals surface area (Å²) in [6.07, 6.45) is 6.47. The van der Waals surface area contributed by atoms with Crippen molar-refractivity contribution in [2.75, 3.05) is 0 Å². The molecule has 0 spiro atoms. The molecule has 1 aliphatic rings. The molecule has 40 heavy (non-hydrogen) atoms. The summed E-state index contributed by atoms with van der Waals surface area (Å²) in [7, 11) is 0. The molecule has 0 amide bonds. The van der Waals surface area contributed by atoms with Gasteiger partial charge in [0.05, 0.1) is 5.69 Å². The molecule has 0 fully saturated rings. The highest BCUT2D eigenvalue weighted by molar-refractivity contribution is 5.84. The number of hydrogen-bond donors (Lipinski definition) is 0. The van der Waals surface area contributed by atoms with E-state index >= 15 is 0 Å². The number of nitrogens with zero attached hydrogens (tertiary/aromatic N) is 2. The van der Waals surface area contributed by atoms with E-state index in [1.165, 1.54) is 57.5 Å². The Morgan fingerprint density at radius 1 is 0.650 bits per heavy atom. The molecule has 0 N–H and O–H groups in total. The van der Waals surface area contributed by atoms with Crippen LogP contribution in [0.5, 0.6) is 0 Å². The van der Waals surface area contributed by atoms with Crippen LogP contribution in [0.2, 0.25) is 0 Å². The molecule has 0 aliphatic heterocycles. The first-order chi connectivity index (χ1) is 19.2. The van der Waals surface area contributed by atoms with Crippen LogP contribution in [0.4, 0.5) is 0 Å². The van der Waals surface area contributed by atoms with Gasteiger partial charge < -0.3 is 0 Å². The molecule has 202 valence electrons. The largest absolute Gasteiger partial charge is 0.299 e. The molecule has 2 heteroatoms. The van der Waals surface area contributed by atoms with Crippen LogP contribution < -0.4 is 0 Å². The molecule has 4 aromatic carbocycles. The Morgan fingerprint density at radius 3 is 1.93 bits per heavy atom. The Kier molecular flexibility index (Phi) is 6.53. The van der Waals surface area contributed by atoms with Gasteiger partial charge >= 0.3 is 0 Å². The van der Waals surface area contributed by atoms with Gasteiger partial charge in [-0.2, -0.15) is 0 Å². The van der Waals surface area contributed by atoms with Crippen LogP contribution in [0.1, 0.15) is 77.0 Å². The number of hydrogen-bond acceptors (Lipinski definition) is 1. The van der Waals surface area contributed by atoms with E-state index in [2.05, 4.69) is 143 Å². The number of rotatable bonds is 5. The lowest BCUT2D eigenvalue weighted by Crippen LogP contribution is -2.33. The quantitative estimate of drug-likeness (QED) is 0.224. The zero-order valence-electron chi connectivity index (χ0n) is 24.7. The van der Waals surface area contributed by atoms with Crippen LogP contribution in [0.3, 0.4) is 0 Å². The fourth-order valence-corrected chi connectivity index (χ4v) is 6.42. The number of benzene rings is 4. The zero-order chi connectivity index (χ0) is 28.1. The van der Waals surface area contributed by atoms with Crippen molar-refractivity contribution >= 4 is 0 Å².